The van der Waals surface area contributed by atoms with Crippen molar-refractivity contribution in [1.82, 2.24) is 10.2 Å². The molecule has 1 aromatic carbocycles. The van der Waals surface area contributed by atoms with E-state index in [0.717, 1.165) is 51.3 Å². The molecule has 6 nitrogen and oxygen atoms in total. The van der Waals surface area contributed by atoms with Gasteiger partial charge in [-0.2, -0.15) is 0 Å². The van der Waals surface area contributed by atoms with Gasteiger partial charge in [0.25, 0.3) is 0 Å². The van der Waals surface area contributed by atoms with E-state index in [1.165, 1.54) is 12.1 Å². The van der Waals surface area contributed by atoms with Crippen LogP contribution in [0, 0.1) is 11.7 Å². The summed E-state index contributed by atoms with van der Waals surface area (Å²) in [5.74, 6) is 1.22. The Labute approximate surface area is 183 Å². The number of hydrogen-bond acceptors (Lipinski definition) is 4. The van der Waals surface area contributed by atoms with Crippen LogP contribution >= 0.6 is 24.0 Å². The number of halogens is 2. The zero-order valence-electron chi connectivity index (χ0n) is 16.7. The van der Waals surface area contributed by atoms with Crippen molar-refractivity contribution in [3.8, 4) is 5.75 Å². The molecule has 0 unspecified atom stereocenters. The number of esters is 1. The van der Waals surface area contributed by atoms with E-state index in [4.69, 9.17) is 9.47 Å². The summed E-state index contributed by atoms with van der Waals surface area (Å²) in [6.45, 7) is 5.28. The molecule has 158 valence electrons. The second-order valence-electron chi connectivity index (χ2n) is 6.50. The number of piperidine rings is 1. The smallest absolute Gasteiger partial charge is 0.309 e. The molecule has 0 bridgehead atoms. The second-order valence-corrected chi connectivity index (χ2v) is 6.50. The molecule has 0 saturated carbocycles. The lowest BCUT2D eigenvalue weighted by Gasteiger charge is -2.33. The number of unbranched alkanes of at least 4 members (excludes halogenated alkanes) is 1. The third kappa shape index (κ3) is 8.20. The summed E-state index contributed by atoms with van der Waals surface area (Å²) < 4.78 is 23.5. The molecule has 0 spiro atoms. The van der Waals surface area contributed by atoms with Crippen LogP contribution < -0.4 is 10.1 Å². The molecular formula is C20H31FIN3O3. The molecule has 0 radical (unpaired) electrons. The van der Waals surface area contributed by atoms with Gasteiger partial charge in [-0.1, -0.05) is 0 Å². The van der Waals surface area contributed by atoms with Gasteiger partial charge < -0.3 is 19.7 Å². The van der Waals surface area contributed by atoms with E-state index in [0.29, 0.717) is 19.0 Å². The van der Waals surface area contributed by atoms with Crippen molar-refractivity contribution in [2.24, 2.45) is 10.9 Å². The number of carbonyl (C=O) groups is 1. The SMILES string of the molecule is CCOC(=O)C1CCN(C(=NC)NCCCCOc2ccc(F)cc2)CC1.I. The van der Waals surface area contributed by atoms with E-state index in [1.807, 2.05) is 6.92 Å². The van der Waals surface area contributed by atoms with Crippen LogP contribution in [-0.4, -0.2) is 56.7 Å². The lowest BCUT2D eigenvalue weighted by atomic mass is 9.97. The van der Waals surface area contributed by atoms with Gasteiger partial charge in [0.05, 0.1) is 19.1 Å². The van der Waals surface area contributed by atoms with Crippen LogP contribution in [0.25, 0.3) is 0 Å². The first-order chi connectivity index (χ1) is 13.1. The quantitative estimate of drug-likeness (QED) is 0.192. The average Bonchev–Trinajstić information content (AvgIpc) is 2.69. The summed E-state index contributed by atoms with van der Waals surface area (Å²) >= 11 is 0. The first-order valence-electron chi connectivity index (χ1n) is 9.64. The van der Waals surface area contributed by atoms with Crippen LogP contribution in [0.15, 0.2) is 29.3 Å². The van der Waals surface area contributed by atoms with Gasteiger partial charge in [-0.05, 0) is 56.9 Å². The van der Waals surface area contributed by atoms with E-state index < -0.39 is 0 Å². The molecule has 2 rings (SSSR count). The minimum Gasteiger partial charge on any atom is -0.494 e. The number of carbonyl (C=O) groups excluding carboxylic acids is 1. The van der Waals surface area contributed by atoms with Gasteiger partial charge in [0, 0.05) is 26.7 Å². The number of hydrogen-bond donors (Lipinski definition) is 1. The maximum atomic E-state index is 12.8. The Balaban J connectivity index is 0.00000392. The molecule has 1 saturated heterocycles. The van der Waals surface area contributed by atoms with Gasteiger partial charge in [0.2, 0.25) is 0 Å². The summed E-state index contributed by atoms with van der Waals surface area (Å²) in [5.41, 5.74) is 0. The Morgan fingerprint density at radius 1 is 1.25 bits per heavy atom. The van der Waals surface area contributed by atoms with E-state index in [2.05, 4.69) is 15.2 Å². The highest BCUT2D eigenvalue weighted by Crippen LogP contribution is 2.18. The molecule has 28 heavy (non-hydrogen) atoms. The topological polar surface area (TPSA) is 63.2 Å². The number of aliphatic imine (C=N–C) groups is 1. The molecule has 1 aliphatic rings. The Bertz CT molecular complexity index is 605. The molecule has 0 amide bonds. The normalized spacial score (nSPS) is 15.0. The zero-order valence-corrected chi connectivity index (χ0v) is 19.0. The van der Waals surface area contributed by atoms with Crippen molar-refractivity contribution < 1.29 is 18.7 Å². The molecule has 8 heteroatoms. The lowest BCUT2D eigenvalue weighted by molar-refractivity contribution is -0.149. The van der Waals surface area contributed by atoms with Crippen LogP contribution in [0.4, 0.5) is 4.39 Å². The summed E-state index contributed by atoms with van der Waals surface area (Å²) in [4.78, 5) is 18.3. The Kier molecular flexibility index (Phi) is 11.9. The minimum absolute atomic E-state index is 0. The maximum Gasteiger partial charge on any atom is 0.309 e. The maximum absolute atomic E-state index is 12.8. The van der Waals surface area contributed by atoms with E-state index in [-0.39, 0.29) is 41.7 Å². The number of ether oxygens (including phenoxy) is 2. The van der Waals surface area contributed by atoms with Gasteiger partial charge in [-0.3, -0.25) is 9.79 Å². The van der Waals surface area contributed by atoms with Crippen LogP contribution in [0.3, 0.4) is 0 Å². The van der Waals surface area contributed by atoms with Crippen molar-refractivity contribution in [1.29, 1.82) is 0 Å². The van der Waals surface area contributed by atoms with E-state index >= 15 is 0 Å². The number of nitrogens with zero attached hydrogens (tertiary/aromatic N) is 2. The number of guanidine groups is 1. The first-order valence-corrected chi connectivity index (χ1v) is 9.64. The molecule has 1 heterocycles. The van der Waals surface area contributed by atoms with Crippen molar-refractivity contribution in [2.45, 2.75) is 32.6 Å². The molecule has 0 aliphatic carbocycles. The molecule has 1 N–H and O–H groups in total. The zero-order chi connectivity index (χ0) is 19.5. The van der Waals surface area contributed by atoms with Crippen molar-refractivity contribution in [3.05, 3.63) is 30.1 Å². The summed E-state index contributed by atoms with van der Waals surface area (Å²) in [6, 6.07) is 6.06. The number of rotatable bonds is 8. The van der Waals surface area contributed by atoms with Crippen LogP contribution in [0.1, 0.15) is 32.6 Å². The molecule has 0 atom stereocenters. The highest BCUT2D eigenvalue weighted by atomic mass is 127. The Morgan fingerprint density at radius 2 is 1.93 bits per heavy atom. The molecular weight excluding hydrogens is 476 g/mol. The molecule has 1 aromatic rings. The predicted molar refractivity (Wildman–Crippen MR) is 119 cm³/mol. The van der Waals surface area contributed by atoms with E-state index in [9.17, 15) is 9.18 Å². The second kappa shape index (κ2) is 13.6. The van der Waals surface area contributed by atoms with Crippen molar-refractivity contribution >= 4 is 35.9 Å². The van der Waals surface area contributed by atoms with Crippen LogP contribution in [0.2, 0.25) is 0 Å². The molecule has 1 fully saturated rings. The van der Waals surface area contributed by atoms with Crippen molar-refractivity contribution in [2.75, 3.05) is 39.9 Å². The number of benzene rings is 1. The fourth-order valence-corrected chi connectivity index (χ4v) is 3.07. The standard InChI is InChI=1S/C20H30FN3O3.HI/c1-3-26-19(25)16-10-13-24(14-11-16)20(22-2)23-12-4-5-15-27-18-8-6-17(21)7-9-18;/h6-9,16H,3-5,10-15H2,1-2H3,(H,22,23);1H. The van der Waals surface area contributed by atoms with Crippen molar-refractivity contribution in [3.63, 3.8) is 0 Å². The summed E-state index contributed by atoms with van der Waals surface area (Å²) in [6.07, 6.45) is 3.43. The van der Waals surface area contributed by atoms with Gasteiger partial charge in [-0.15, -0.1) is 24.0 Å². The van der Waals surface area contributed by atoms with Gasteiger partial charge in [0.15, 0.2) is 5.96 Å². The van der Waals surface area contributed by atoms with Gasteiger partial charge >= 0.3 is 5.97 Å². The third-order valence-electron chi connectivity index (χ3n) is 4.56. The number of likely N-dealkylation sites (tertiary alicyclic amines) is 1. The largest absolute Gasteiger partial charge is 0.494 e. The lowest BCUT2D eigenvalue weighted by Crippen LogP contribution is -2.47. The summed E-state index contributed by atoms with van der Waals surface area (Å²) in [7, 11) is 1.78. The first kappa shape index (κ1) is 24.5. The number of nitrogens with one attached hydrogen (secondary N) is 1. The fourth-order valence-electron chi connectivity index (χ4n) is 3.07. The monoisotopic (exact) mass is 507 g/mol. The van der Waals surface area contributed by atoms with Gasteiger partial charge in [0.1, 0.15) is 11.6 Å². The predicted octanol–water partition coefficient (Wildman–Crippen LogP) is 3.45. The van der Waals surface area contributed by atoms with Gasteiger partial charge in [-0.25, -0.2) is 4.39 Å². The molecule has 1 aliphatic heterocycles. The highest BCUT2D eigenvalue weighted by Gasteiger charge is 2.27. The van der Waals surface area contributed by atoms with Crippen LogP contribution in [0.5, 0.6) is 5.75 Å². The molecule has 0 aromatic heterocycles. The highest BCUT2D eigenvalue weighted by molar-refractivity contribution is 14.0. The fraction of sp³-hybridized carbons (Fsp3) is 0.600. The van der Waals surface area contributed by atoms with E-state index in [1.54, 1.807) is 19.2 Å². The summed E-state index contributed by atoms with van der Waals surface area (Å²) in [5, 5.41) is 3.37. The van der Waals surface area contributed by atoms with Crippen LogP contribution in [-0.2, 0) is 9.53 Å². The minimum atomic E-state index is -0.260. The Hall–Kier alpha value is -1.58. The Morgan fingerprint density at radius 3 is 2.54 bits per heavy atom. The third-order valence-corrected chi connectivity index (χ3v) is 4.56. The average molecular weight is 507 g/mol.